The topological polar surface area (TPSA) is 52.0 Å². The lowest BCUT2D eigenvalue weighted by atomic mass is 9.95. The fourth-order valence-electron chi connectivity index (χ4n) is 4.21. The molecule has 0 spiro atoms. The van der Waals surface area contributed by atoms with Crippen molar-refractivity contribution in [2.75, 3.05) is 0 Å². The van der Waals surface area contributed by atoms with Gasteiger partial charge in [0.2, 0.25) is 0 Å². The van der Waals surface area contributed by atoms with Gasteiger partial charge < -0.3 is 11.5 Å². The average Bonchev–Trinajstić information content (AvgIpc) is 3.25. The van der Waals surface area contributed by atoms with Gasteiger partial charge in [0.05, 0.1) is 0 Å². The van der Waals surface area contributed by atoms with E-state index in [2.05, 4.69) is 60.7 Å². The summed E-state index contributed by atoms with van der Waals surface area (Å²) < 4.78 is 0. The van der Waals surface area contributed by atoms with Gasteiger partial charge in [-0.25, -0.2) is 0 Å². The highest BCUT2D eigenvalue weighted by atomic mass is 14.7. The maximum Gasteiger partial charge on any atom is 0.0108 e. The van der Waals surface area contributed by atoms with E-state index in [0.717, 1.165) is 0 Å². The molecule has 0 saturated heterocycles. The van der Waals surface area contributed by atoms with Crippen LogP contribution in [0.5, 0.6) is 0 Å². The van der Waals surface area contributed by atoms with Crippen LogP contribution < -0.4 is 11.5 Å². The molecule has 2 fully saturated rings. The summed E-state index contributed by atoms with van der Waals surface area (Å²) in [6.45, 7) is 0. The molecule has 0 unspecified atom stereocenters. The molecule has 0 radical (unpaired) electrons. The predicted octanol–water partition coefficient (Wildman–Crippen LogP) is 4.56. The molecule has 0 aliphatic heterocycles. The molecule has 2 aromatic carbocycles. The van der Waals surface area contributed by atoms with Crippen LogP contribution in [-0.2, 0) is 0 Å². The van der Waals surface area contributed by atoms with E-state index in [4.69, 9.17) is 11.5 Å². The molecule has 0 aromatic heterocycles. The summed E-state index contributed by atoms with van der Waals surface area (Å²) in [5.41, 5.74) is 14.9. The second-order valence-corrected chi connectivity index (χ2v) is 7.22. The van der Waals surface area contributed by atoms with Crippen LogP contribution in [0, 0.1) is 0 Å². The quantitative estimate of drug-likeness (QED) is 0.851. The lowest BCUT2D eigenvalue weighted by Crippen LogP contribution is -2.22. The van der Waals surface area contributed by atoms with Crippen molar-refractivity contribution in [1.82, 2.24) is 0 Å². The summed E-state index contributed by atoms with van der Waals surface area (Å²) in [4.78, 5) is 0. The van der Waals surface area contributed by atoms with E-state index in [1.54, 1.807) is 0 Å². The van der Waals surface area contributed by atoms with Crippen molar-refractivity contribution in [3.05, 3.63) is 71.8 Å². The zero-order valence-corrected chi connectivity index (χ0v) is 14.5. The standard InChI is InChI=1S/2C11H15N/c2*12-11-8-4-7-10(11)9-5-2-1-3-6-9/h2*1-3,5-6,10-11H,4,7-8,12H2/t2*10-,11+/m10/s1. The second-order valence-electron chi connectivity index (χ2n) is 7.22. The van der Waals surface area contributed by atoms with E-state index in [9.17, 15) is 0 Å². The molecule has 4 N–H and O–H groups in total. The van der Waals surface area contributed by atoms with Crippen LogP contribution >= 0.6 is 0 Å². The van der Waals surface area contributed by atoms with E-state index in [-0.39, 0.29) is 0 Å². The highest BCUT2D eigenvalue weighted by Crippen LogP contribution is 2.33. The van der Waals surface area contributed by atoms with Crippen LogP contribution in [0.3, 0.4) is 0 Å². The van der Waals surface area contributed by atoms with Crippen LogP contribution in [0.25, 0.3) is 0 Å². The first-order valence-corrected chi connectivity index (χ1v) is 9.37. The minimum absolute atomic E-state index is 0.396. The fourth-order valence-corrected chi connectivity index (χ4v) is 4.21. The molecule has 4 atom stereocenters. The first-order valence-electron chi connectivity index (χ1n) is 9.37. The van der Waals surface area contributed by atoms with E-state index in [1.165, 1.54) is 49.7 Å². The Morgan fingerprint density at radius 3 is 1.21 bits per heavy atom. The molecule has 2 aliphatic carbocycles. The summed E-state index contributed by atoms with van der Waals surface area (Å²) >= 11 is 0. The first kappa shape index (κ1) is 17.2. The molecular weight excluding hydrogens is 292 g/mol. The van der Waals surface area contributed by atoms with Crippen molar-refractivity contribution < 1.29 is 0 Å². The molecule has 2 aromatic rings. The number of hydrogen-bond acceptors (Lipinski definition) is 2. The van der Waals surface area contributed by atoms with Gasteiger partial charge >= 0.3 is 0 Å². The molecule has 24 heavy (non-hydrogen) atoms. The zero-order chi connectivity index (χ0) is 16.8. The predicted molar refractivity (Wildman–Crippen MR) is 102 cm³/mol. The molecule has 2 heteroatoms. The lowest BCUT2D eigenvalue weighted by molar-refractivity contribution is 0.613. The Labute approximate surface area is 146 Å². The van der Waals surface area contributed by atoms with E-state index in [0.29, 0.717) is 23.9 Å². The van der Waals surface area contributed by atoms with Crippen molar-refractivity contribution in [2.45, 2.75) is 62.4 Å². The molecule has 4 rings (SSSR count). The number of nitrogens with two attached hydrogens (primary N) is 2. The summed E-state index contributed by atoms with van der Waals surface area (Å²) in [6.07, 6.45) is 7.51. The van der Waals surface area contributed by atoms with Gasteiger partial charge in [-0.1, -0.05) is 73.5 Å². The van der Waals surface area contributed by atoms with Crippen LogP contribution in [0.15, 0.2) is 60.7 Å². The van der Waals surface area contributed by atoms with Crippen LogP contribution in [-0.4, -0.2) is 12.1 Å². The van der Waals surface area contributed by atoms with Gasteiger partial charge in [-0.3, -0.25) is 0 Å². The number of rotatable bonds is 2. The Balaban J connectivity index is 0.000000141. The maximum absolute atomic E-state index is 6.01. The van der Waals surface area contributed by atoms with Crippen molar-refractivity contribution in [3.8, 4) is 0 Å². The van der Waals surface area contributed by atoms with Crippen LogP contribution in [0.2, 0.25) is 0 Å². The third-order valence-corrected chi connectivity index (χ3v) is 5.59. The molecular formula is C22H30N2. The summed E-state index contributed by atoms with van der Waals surface area (Å²) in [5, 5.41) is 0. The van der Waals surface area contributed by atoms with Gasteiger partial charge in [-0.05, 0) is 48.6 Å². The Bertz CT molecular complexity index is 540. The number of hydrogen-bond donors (Lipinski definition) is 2. The number of benzene rings is 2. The largest absolute Gasteiger partial charge is 0.327 e. The first-order chi connectivity index (χ1) is 11.8. The van der Waals surface area contributed by atoms with Gasteiger partial charge in [0.15, 0.2) is 0 Å². The van der Waals surface area contributed by atoms with Gasteiger partial charge in [0.1, 0.15) is 0 Å². The van der Waals surface area contributed by atoms with Crippen molar-refractivity contribution in [2.24, 2.45) is 11.5 Å². The highest BCUT2D eigenvalue weighted by Gasteiger charge is 2.25. The van der Waals surface area contributed by atoms with Crippen molar-refractivity contribution in [1.29, 1.82) is 0 Å². The zero-order valence-electron chi connectivity index (χ0n) is 14.5. The van der Waals surface area contributed by atoms with Gasteiger partial charge in [0, 0.05) is 12.1 Å². The summed E-state index contributed by atoms with van der Waals surface area (Å²) in [5.74, 6) is 1.23. The third-order valence-electron chi connectivity index (χ3n) is 5.59. The molecule has 0 amide bonds. The normalized spacial score (nSPS) is 29.1. The minimum atomic E-state index is 0.396. The smallest absolute Gasteiger partial charge is 0.0108 e. The van der Waals surface area contributed by atoms with Gasteiger partial charge in [-0.15, -0.1) is 0 Å². The molecule has 2 saturated carbocycles. The van der Waals surface area contributed by atoms with E-state index < -0.39 is 0 Å². The third kappa shape index (κ3) is 4.25. The Kier molecular flexibility index (Phi) is 6.06. The molecule has 0 heterocycles. The molecule has 128 valence electrons. The SMILES string of the molecule is N[C@@H]1CCC[C@H]1c1ccccc1.N[C@H]1CCC[C@@H]1c1ccccc1. The Morgan fingerprint density at radius 2 is 0.917 bits per heavy atom. The minimum Gasteiger partial charge on any atom is -0.327 e. The van der Waals surface area contributed by atoms with E-state index in [1.807, 2.05) is 0 Å². The Hall–Kier alpha value is -1.64. The Morgan fingerprint density at radius 1 is 0.542 bits per heavy atom. The molecule has 2 aliphatic rings. The molecule has 2 nitrogen and oxygen atoms in total. The fraction of sp³-hybridized carbons (Fsp3) is 0.455. The average molecular weight is 322 g/mol. The van der Waals surface area contributed by atoms with Gasteiger partial charge in [0.25, 0.3) is 0 Å². The lowest BCUT2D eigenvalue weighted by Gasteiger charge is -2.14. The van der Waals surface area contributed by atoms with Crippen LogP contribution in [0.4, 0.5) is 0 Å². The molecule has 0 bridgehead atoms. The maximum atomic E-state index is 6.01. The highest BCUT2D eigenvalue weighted by molar-refractivity contribution is 5.23. The summed E-state index contributed by atoms with van der Waals surface area (Å²) in [6, 6.07) is 22.1. The van der Waals surface area contributed by atoms with Gasteiger partial charge in [-0.2, -0.15) is 0 Å². The van der Waals surface area contributed by atoms with Crippen molar-refractivity contribution in [3.63, 3.8) is 0 Å². The van der Waals surface area contributed by atoms with E-state index >= 15 is 0 Å². The monoisotopic (exact) mass is 322 g/mol. The summed E-state index contributed by atoms with van der Waals surface area (Å²) in [7, 11) is 0. The van der Waals surface area contributed by atoms with Crippen LogP contribution in [0.1, 0.15) is 61.5 Å². The second kappa shape index (κ2) is 8.46. The van der Waals surface area contributed by atoms with Crippen molar-refractivity contribution >= 4 is 0 Å².